The number of nitrogens with two attached hydrogens (primary N) is 1. The number of carbonyl (C=O) groups is 1. The highest BCUT2D eigenvalue weighted by molar-refractivity contribution is 5.77. The molecule has 0 unspecified atom stereocenters. The van der Waals surface area contributed by atoms with Crippen LogP contribution in [0.4, 0.5) is 22.0 Å². The number of halogens is 5. The fourth-order valence-corrected chi connectivity index (χ4v) is 4.67. The van der Waals surface area contributed by atoms with Crippen LogP contribution in [0.15, 0.2) is 18.5 Å². The summed E-state index contributed by atoms with van der Waals surface area (Å²) in [4.78, 5) is 17.1. The fourth-order valence-electron chi connectivity index (χ4n) is 4.67. The molecule has 2 aromatic rings. The Bertz CT molecular complexity index is 1090. The van der Waals surface area contributed by atoms with Gasteiger partial charge in [-0.1, -0.05) is 0 Å². The molecule has 206 valence electrons. The third-order valence-corrected chi connectivity index (χ3v) is 7.11. The molecule has 13 heteroatoms. The maximum absolute atomic E-state index is 13.2. The normalized spacial score (nSPS) is 21.0. The first-order chi connectivity index (χ1) is 17.2. The van der Waals surface area contributed by atoms with Gasteiger partial charge in [-0.15, -0.1) is 0 Å². The summed E-state index contributed by atoms with van der Waals surface area (Å²) in [6, 6.07) is 0.402. The first kappa shape index (κ1) is 27.6. The summed E-state index contributed by atoms with van der Waals surface area (Å²) >= 11 is 0. The number of ether oxygens (including phenoxy) is 2. The Morgan fingerprint density at radius 3 is 2.59 bits per heavy atom. The van der Waals surface area contributed by atoms with Gasteiger partial charge in [-0.05, 0) is 50.2 Å². The van der Waals surface area contributed by atoms with Crippen LogP contribution in [-0.4, -0.2) is 58.0 Å². The lowest BCUT2D eigenvalue weighted by molar-refractivity contribution is -0.264. The number of hydrogen-bond donors (Lipinski definition) is 2. The number of amides is 1. The molecule has 0 spiro atoms. The Hall–Kier alpha value is -2.38. The van der Waals surface area contributed by atoms with Crippen molar-refractivity contribution in [3.05, 3.63) is 29.7 Å². The molecular weight excluding hydrogens is 501 g/mol. The van der Waals surface area contributed by atoms with Gasteiger partial charge in [0.2, 0.25) is 11.8 Å². The average molecular weight is 534 g/mol. The van der Waals surface area contributed by atoms with Crippen LogP contribution in [0.2, 0.25) is 0 Å². The van der Waals surface area contributed by atoms with Crippen LogP contribution in [0.25, 0.3) is 5.65 Å². The van der Waals surface area contributed by atoms with Gasteiger partial charge < -0.3 is 20.5 Å². The number of nitrogens with one attached hydrogen (secondary N) is 1. The van der Waals surface area contributed by atoms with E-state index in [1.807, 2.05) is 0 Å². The van der Waals surface area contributed by atoms with E-state index in [1.54, 1.807) is 12.3 Å². The minimum absolute atomic E-state index is 0.0294. The minimum Gasteiger partial charge on any atom is -0.381 e. The second-order valence-corrected chi connectivity index (χ2v) is 10.5. The van der Waals surface area contributed by atoms with Crippen LogP contribution in [0.3, 0.4) is 0 Å². The predicted octanol–water partition coefficient (Wildman–Crippen LogP) is 4.11. The highest BCUT2D eigenvalue weighted by Crippen LogP contribution is 2.44. The van der Waals surface area contributed by atoms with Gasteiger partial charge in [-0.25, -0.2) is 18.3 Å². The van der Waals surface area contributed by atoms with E-state index in [9.17, 15) is 26.7 Å². The van der Waals surface area contributed by atoms with Crippen molar-refractivity contribution in [2.45, 2.75) is 75.7 Å². The lowest BCUT2D eigenvalue weighted by Gasteiger charge is -2.35. The maximum atomic E-state index is 13.2. The van der Waals surface area contributed by atoms with Crippen molar-refractivity contribution in [1.82, 2.24) is 19.9 Å². The van der Waals surface area contributed by atoms with E-state index in [1.165, 1.54) is 10.7 Å². The molecule has 3 N–H and O–H groups in total. The molecule has 1 aliphatic heterocycles. The van der Waals surface area contributed by atoms with Gasteiger partial charge in [-0.3, -0.25) is 4.79 Å². The highest BCUT2D eigenvalue weighted by atomic mass is 19.4. The smallest absolute Gasteiger partial charge is 0.381 e. The zero-order valence-electron chi connectivity index (χ0n) is 20.7. The van der Waals surface area contributed by atoms with Gasteiger partial charge in [0.15, 0.2) is 11.2 Å². The van der Waals surface area contributed by atoms with Crippen molar-refractivity contribution >= 4 is 11.6 Å². The molecule has 1 amide bonds. The molecule has 1 saturated heterocycles. The van der Waals surface area contributed by atoms with E-state index in [4.69, 9.17) is 15.2 Å². The first-order valence-corrected chi connectivity index (χ1v) is 12.3. The van der Waals surface area contributed by atoms with Gasteiger partial charge in [-0.2, -0.15) is 18.3 Å². The summed E-state index contributed by atoms with van der Waals surface area (Å²) in [6.07, 6.45) is -0.568. The van der Waals surface area contributed by atoms with Crippen LogP contribution in [-0.2, 0) is 14.3 Å². The molecule has 0 bridgehead atoms. The van der Waals surface area contributed by atoms with Crippen molar-refractivity contribution in [3.8, 4) is 0 Å². The average Bonchev–Trinajstić information content (AvgIpc) is 3.23. The summed E-state index contributed by atoms with van der Waals surface area (Å²) < 4.78 is 77.5. The van der Waals surface area contributed by atoms with Gasteiger partial charge in [0.1, 0.15) is 0 Å². The molecule has 2 fully saturated rings. The number of nitrogens with zero attached hydrogens (tertiary/aromatic N) is 3. The Morgan fingerprint density at radius 1 is 1.30 bits per heavy atom. The molecular formula is C24H32F5N5O3. The minimum atomic E-state index is -4.55. The van der Waals surface area contributed by atoms with Crippen molar-refractivity contribution in [3.63, 3.8) is 0 Å². The number of alkyl halides is 5. The highest BCUT2D eigenvalue weighted by Gasteiger charge is 2.49. The van der Waals surface area contributed by atoms with Crippen LogP contribution in [0, 0.1) is 11.8 Å². The largest absolute Gasteiger partial charge is 0.416 e. The SMILES string of the molecule is CC(C)(OC[C@H](N)c1cn2ncc([C@H](NC(=O)CC3CC(F)(F)C3)C3CCOCC3)cc2n1)C(F)(F)F. The molecule has 2 atom stereocenters. The summed E-state index contributed by atoms with van der Waals surface area (Å²) in [7, 11) is 0. The molecule has 2 aromatic heterocycles. The van der Waals surface area contributed by atoms with E-state index in [2.05, 4.69) is 15.4 Å². The Balaban J connectivity index is 1.48. The Labute approximate surface area is 211 Å². The van der Waals surface area contributed by atoms with E-state index < -0.39 is 36.4 Å². The van der Waals surface area contributed by atoms with Crippen molar-refractivity contribution in [2.24, 2.45) is 17.6 Å². The number of rotatable bonds is 9. The maximum Gasteiger partial charge on any atom is 0.416 e. The molecule has 1 aliphatic carbocycles. The molecule has 3 heterocycles. The summed E-state index contributed by atoms with van der Waals surface area (Å²) in [5.74, 6) is -3.27. The van der Waals surface area contributed by atoms with Gasteiger partial charge >= 0.3 is 6.18 Å². The Kier molecular flexibility index (Phi) is 7.78. The summed E-state index contributed by atoms with van der Waals surface area (Å²) in [5, 5.41) is 7.37. The van der Waals surface area contributed by atoms with Crippen LogP contribution >= 0.6 is 0 Å². The standard InChI is InChI=1S/C24H32F5N5O3/c1-22(2,24(27,28)29)37-13-17(30)18-12-34-19(32-18)8-16(11-31-34)21(15-3-5-36-6-4-15)33-20(35)7-14-9-23(25,26)10-14/h8,11-12,14-15,17,21H,3-7,9-10,13,30H2,1-2H3,(H,33,35)/t17-,21+/m0/s1. The first-order valence-electron chi connectivity index (χ1n) is 12.3. The number of aromatic nitrogens is 3. The summed E-state index contributed by atoms with van der Waals surface area (Å²) in [5.41, 5.74) is 5.09. The van der Waals surface area contributed by atoms with Crippen LogP contribution < -0.4 is 11.1 Å². The van der Waals surface area contributed by atoms with Gasteiger partial charge in [0.25, 0.3) is 0 Å². The lowest BCUT2D eigenvalue weighted by atomic mass is 9.79. The zero-order valence-corrected chi connectivity index (χ0v) is 20.7. The van der Waals surface area contributed by atoms with Crippen LogP contribution in [0.5, 0.6) is 0 Å². The molecule has 8 nitrogen and oxygen atoms in total. The zero-order chi connectivity index (χ0) is 27.0. The molecule has 37 heavy (non-hydrogen) atoms. The lowest BCUT2D eigenvalue weighted by Crippen LogP contribution is -2.43. The van der Waals surface area contributed by atoms with Crippen molar-refractivity contribution < 1.29 is 36.2 Å². The molecule has 0 radical (unpaired) electrons. The number of hydrogen-bond acceptors (Lipinski definition) is 6. The fraction of sp³-hybridized carbons (Fsp3) is 0.708. The third-order valence-electron chi connectivity index (χ3n) is 7.11. The number of fused-ring (bicyclic) bond motifs is 1. The van der Waals surface area contributed by atoms with E-state index in [0.29, 0.717) is 43.0 Å². The second kappa shape index (κ2) is 10.4. The monoisotopic (exact) mass is 533 g/mol. The third kappa shape index (κ3) is 6.55. The van der Waals surface area contributed by atoms with Crippen molar-refractivity contribution in [1.29, 1.82) is 0 Å². The van der Waals surface area contributed by atoms with Crippen LogP contribution in [0.1, 0.15) is 69.3 Å². The van der Waals surface area contributed by atoms with Crippen molar-refractivity contribution in [2.75, 3.05) is 19.8 Å². The van der Waals surface area contributed by atoms with E-state index in [0.717, 1.165) is 13.8 Å². The van der Waals surface area contributed by atoms with E-state index >= 15 is 0 Å². The Morgan fingerprint density at radius 2 is 1.97 bits per heavy atom. The second-order valence-electron chi connectivity index (χ2n) is 10.5. The predicted molar refractivity (Wildman–Crippen MR) is 123 cm³/mol. The quantitative estimate of drug-likeness (QED) is 0.471. The molecule has 4 rings (SSSR count). The number of imidazole rings is 1. The molecule has 2 aliphatic rings. The molecule has 1 saturated carbocycles. The number of carbonyl (C=O) groups excluding carboxylic acids is 1. The van der Waals surface area contributed by atoms with E-state index in [-0.39, 0.29) is 37.0 Å². The van der Waals surface area contributed by atoms with Gasteiger partial charge in [0.05, 0.1) is 36.8 Å². The van der Waals surface area contributed by atoms with Gasteiger partial charge in [0, 0.05) is 32.5 Å². The summed E-state index contributed by atoms with van der Waals surface area (Å²) in [6.45, 7) is 2.54. The molecule has 0 aromatic carbocycles. The topological polar surface area (TPSA) is 104 Å².